The van der Waals surface area contributed by atoms with Gasteiger partial charge in [0, 0.05) is 22.4 Å². The second-order valence-electron chi connectivity index (χ2n) is 4.22. The van der Waals surface area contributed by atoms with Gasteiger partial charge in [0.05, 0.1) is 6.61 Å². The number of hydrogen-bond acceptors (Lipinski definition) is 4. The van der Waals surface area contributed by atoms with Crippen LogP contribution in [0.4, 0.5) is 0 Å². The van der Waals surface area contributed by atoms with Gasteiger partial charge in [0.2, 0.25) is 0 Å². The Kier molecular flexibility index (Phi) is 5.06. The Labute approximate surface area is 120 Å². The van der Waals surface area contributed by atoms with Gasteiger partial charge in [-0.05, 0) is 30.7 Å². The number of benzene rings is 1. The fraction of sp³-hybridized carbons (Fsp3) is 0.286. The third-order valence-electron chi connectivity index (χ3n) is 2.51. The molecule has 2 rings (SSSR count). The second-order valence-corrected chi connectivity index (χ2v) is 5.27. The van der Waals surface area contributed by atoms with Crippen LogP contribution >= 0.6 is 11.8 Å². The average molecular weight is 292 g/mol. The molecule has 2 aromatic rings. The summed E-state index contributed by atoms with van der Waals surface area (Å²) >= 11 is 1.54. The number of aromatic amines is 2. The zero-order chi connectivity index (χ0) is 14.4. The summed E-state index contributed by atoms with van der Waals surface area (Å²) in [5.41, 5.74) is -0.251. The van der Waals surface area contributed by atoms with E-state index in [1.807, 2.05) is 24.3 Å². The monoisotopic (exact) mass is 292 g/mol. The minimum Gasteiger partial charge on any atom is -0.494 e. The Morgan fingerprint density at radius 1 is 1.15 bits per heavy atom. The van der Waals surface area contributed by atoms with Crippen LogP contribution in [0.3, 0.4) is 0 Å². The van der Waals surface area contributed by atoms with Crippen molar-refractivity contribution in [2.24, 2.45) is 0 Å². The molecule has 0 amide bonds. The highest BCUT2D eigenvalue weighted by atomic mass is 32.2. The molecule has 0 saturated heterocycles. The fourth-order valence-corrected chi connectivity index (χ4v) is 2.42. The molecule has 1 aromatic heterocycles. The second kappa shape index (κ2) is 7.00. The highest BCUT2D eigenvalue weighted by molar-refractivity contribution is 7.98. The first-order valence-corrected chi connectivity index (χ1v) is 7.34. The minimum atomic E-state index is -0.476. The molecule has 2 N–H and O–H groups in total. The zero-order valence-electron chi connectivity index (χ0n) is 11.1. The topological polar surface area (TPSA) is 75.0 Å². The van der Waals surface area contributed by atoms with Crippen LogP contribution < -0.4 is 16.0 Å². The smallest absolute Gasteiger partial charge is 0.325 e. The van der Waals surface area contributed by atoms with Crippen LogP contribution in [0.25, 0.3) is 0 Å². The number of thioether (sulfide) groups is 1. The maximum atomic E-state index is 11.2. The van der Waals surface area contributed by atoms with E-state index in [0.29, 0.717) is 18.1 Å². The van der Waals surface area contributed by atoms with Crippen molar-refractivity contribution in [2.45, 2.75) is 24.0 Å². The minimum absolute atomic E-state index is 0.382. The maximum absolute atomic E-state index is 11.2. The quantitative estimate of drug-likeness (QED) is 0.800. The molecule has 0 fully saturated rings. The molecule has 0 aliphatic carbocycles. The summed E-state index contributed by atoms with van der Waals surface area (Å²) in [6.07, 6.45) is 0.979. The normalized spacial score (nSPS) is 10.4. The van der Waals surface area contributed by atoms with Crippen LogP contribution in [0.15, 0.2) is 44.8 Å². The molecule has 20 heavy (non-hydrogen) atoms. The number of hydrogen-bond donors (Lipinski definition) is 2. The maximum Gasteiger partial charge on any atom is 0.325 e. The SMILES string of the molecule is CCCOc1ccc(SCc2cc(=O)[nH]c(=O)[nH]2)cc1. The molecule has 0 atom stereocenters. The van der Waals surface area contributed by atoms with E-state index < -0.39 is 5.69 Å². The van der Waals surface area contributed by atoms with E-state index in [0.717, 1.165) is 17.1 Å². The van der Waals surface area contributed by atoms with E-state index in [1.165, 1.54) is 6.07 Å². The van der Waals surface area contributed by atoms with Crippen LogP contribution in [0.5, 0.6) is 5.75 Å². The van der Waals surface area contributed by atoms with Crippen LogP contribution in [0.2, 0.25) is 0 Å². The number of rotatable bonds is 6. The predicted molar refractivity (Wildman–Crippen MR) is 79.5 cm³/mol. The Bertz CT molecular complexity index is 633. The lowest BCUT2D eigenvalue weighted by Gasteiger charge is -2.05. The first-order valence-electron chi connectivity index (χ1n) is 6.35. The highest BCUT2D eigenvalue weighted by Crippen LogP contribution is 2.23. The van der Waals surface area contributed by atoms with Gasteiger partial charge in [-0.2, -0.15) is 0 Å². The van der Waals surface area contributed by atoms with Gasteiger partial charge < -0.3 is 9.72 Å². The van der Waals surface area contributed by atoms with Crippen molar-refractivity contribution in [2.75, 3.05) is 6.61 Å². The van der Waals surface area contributed by atoms with Crippen molar-refractivity contribution in [3.8, 4) is 5.75 Å². The van der Waals surface area contributed by atoms with Gasteiger partial charge in [-0.3, -0.25) is 9.78 Å². The van der Waals surface area contributed by atoms with Crippen LogP contribution in [-0.2, 0) is 5.75 Å². The van der Waals surface area contributed by atoms with E-state index in [2.05, 4.69) is 16.9 Å². The Balaban J connectivity index is 1.96. The molecule has 0 spiro atoms. The van der Waals surface area contributed by atoms with Gasteiger partial charge in [0.25, 0.3) is 5.56 Å². The largest absolute Gasteiger partial charge is 0.494 e. The Morgan fingerprint density at radius 3 is 2.55 bits per heavy atom. The number of nitrogens with one attached hydrogen (secondary N) is 2. The third-order valence-corrected chi connectivity index (χ3v) is 3.57. The molecule has 1 heterocycles. The molecule has 0 bridgehead atoms. The van der Waals surface area contributed by atoms with Crippen molar-refractivity contribution in [3.05, 3.63) is 56.9 Å². The van der Waals surface area contributed by atoms with Crippen LogP contribution in [0.1, 0.15) is 19.0 Å². The molecule has 106 valence electrons. The Morgan fingerprint density at radius 2 is 1.90 bits per heavy atom. The summed E-state index contributed by atoms with van der Waals surface area (Å²) in [7, 11) is 0. The average Bonchev–Trinajstić information content (AvgIpc) is 2.43. The van der Waals surface area contributed by atoms with Crippen LogP contribution in [0, 0.1) is 0 Å². The highest BCUT2D eigenvalue weighted by Gasteiger charge is 2.00. The molecule has 5 nitrogen and oxygen atoms in total. The molecular weight excluding hydrogens is 276 g/mol. The van der Waals surface area contributed by atoms with Gasteiger partial charge >= 0.3 is 5.69 Å². The van der Waals surface area contributed by atoms with Crippen molar-refractivity contribution < 1.29 is 4.74 Å². The lowest BCUT2D eigenvalue weighted by Crippen LogP contribution is -2.22. The molecule has 0 saturated carbocycles. The van der Waals surface area contributed by atoms with E-state index in [-0.39, 0.29) is 5.56 Å². The predicted octanol–water partition coefficient (Wildman–Crippen LogP) is 2.14. The summed E-state index contributed by atoms with van der Waals surface area (Å²) < 4.78 is 5.50. The van der Waals surface area contributed by atoms with Gasteiger partial charge in [0.15, 0.2) is 0 Å². The van der Waals surface area contributed by atoms with E-state index in [4.69, 9.17) is 4.74 Å². The fourth-order valence-electron chi connectivity index (χ4n) is 1.61. The number of H-pyrrole nitrogens is 2. The molecule has 0 unspecified atom stereocenters. The van der Waals surface area contributed by atoms with E-state index in [9.17, 15) is 9.59 Å². The van der Waals surface area contributed by atoms with Crippen molar-refractivity contribution in [1.29, 1.82) is 0 Å². The first kappa shape index (κ1) is 14.5. The standard InChI is InChI=1S/C14H16N2O3S/c1-2-7-19-11-3-5-12(6-4-11)20-9-10-8-13(17)16-14(18)15-10/h3-6,8H,2,7,9H2,1H3,(H2,15,16,17,18). The van der Waals surface area contributed by atoms with Crippen molar-refractivity contribution in [1.82, 2.24) is 9.97 Å². The summed E-state index contributed by atoms with van der Waals surface area (Å²) in [5.74, 6) is 1.38. The molecule has 0 aliphatic heterocycles. The molecule has 6 heteroatoms. The third kappa shape index (κ3) is 4.31. The summed E-state index contributed by atoms with van der Waals surface area (Å²) in [5, 5.41) is 0. The summed E-state index contributed by atoms with van der Waals surface area (Å²) in [4.78, 5) is 28.1. The van der Waals surface area contributed by atoms with Crippen molar-refractivity contribution >= 4 is 11.8 Å². The first-order chi connectivity index (χ1) is 9.67. The molecule has 1 aromatic carbocycles. The van der Waals surface area contributed by atoms with Gasteiger partial charge in [-0.1, -0.05) is 6.92 Å². The molecular formula is C14H16N2O3S. The van der Waals surface area contributed by atoms with E-state index >= 15 is 0 Å². The lowest BCUT2D eigenvalue weighted by atomic mass is 10.3. The van der Waals surface area contributed by atoms with Crippen LogP contribution in [-0.4, -0.2) is 16.6 Å². The number of ether oxygens (including phenoxy) is 1. The summed E-state index contributed by atoms with van der Waals surface area (Å²) in [6.45, 7) is 2.77. The summed E-state index contributed by atoms with van der Waals surface area (Å²) in [6, 6.07) is 9.14. The lowest BCUT2D eigenvalue weighted by molar-refractivity contribution is 0.317. The molecule has 0 aliphatic rings. The van der Waals surface area contributed by atoms with E-state index in [1.54, 1.807) is 11.8 Å². The van der Waals surface area contributed by atoms with Gasteiger partial charge in [-0.15, -0.1) is 11.8 Å². The van der Waals surface area contributed by atoms with Gasteiger partial charge in [0.1, 0.15) is 5.75 Å². The molecule has 0 radical (unpaired) electrons. The van der Waals surface area contributed by atoms with Crippen molar-refractivity contribution in [3.63, 3.8) is 0 Å². The Hall–Kier alpha value is -1.95. The zero-order valence-corrected chi connectivity index (χ0v) is 12.0. The van der Waals surface area contributed by atoms with Gasteiger partial charge in [-0.25, -0.2) is 4.79 Å². The number of aromatic nitrogens is 2.